The maximum Gasteiger partial charge on any atom is 0.0222 e. The van der Waals surface area contributed by atoms with E-state index in [9.17, 15) is 0 Å². The molecule has 0 aliphatic carbocycles. The Bertz CT molecular complexity index is 339. The van der Waals surface area contributed by atoms with Crippen molar-refractivity contribution in [3.05, 3.63) is 33.8 Å². The molecule has 0 amide bonds. The Morgan fingerprint density at radius 2 is 1.94 bits per heavy atom. The van der Waals surface area contributed by atoms with Gasteiger partial charge in [0.05, 0.1) is 0 Å². The zero-order valence-electron chi connectivity index (χ0n) is 10.7. The van der Waals surface area contributed by atoms with Crippen LogP contribution in [-0.4, -0.2) is 6.54 Å². The summed E-state index contributed by atoms with van der Waals surface area (Å²) in [6.45, 7) is 11.0. The normalized spacial score (nSPS) is 11.8. The third-order valence-corrected chi connectivity index (χ3v) is 3.31. The highest BCUT2D eigenvalue weighted by atomic mass is 79.9. The Labute approximate surface area is 108 Å². The molecule has 1 rings (SSSR count). The molecule has 0 radical (unpaired) electrons. The average Bonchev–Trinajstić information content (AvgIpc) is 2.13. The Hall–Kier alpha value is -0.340. The highest BCUT2D eigenvalue weighted by Crippen LogP contribution is 2.19. The van der Waals surface area contributed by atoms with E-state index in [-0.39, 0.29) is 0 Å². The van der Waals surface area contributed by atoms with E-state index in [1.54, 1.807) is 0 Å². The second-order valence-corrected chi connectivity index (χ2v) is 6.44. The van der Waals surface area contributed by atoms with Gasteiger partial charge in [-0.1, -0.05) is 48.8 Å². The molecule has 1 aromatic carbocycles. The van der Waals surface area contributed by atoms with Crippen molar-refractivity contribution in [1.82, 2.24) is 5.32 Å². The second kappa shape index (κ2) is 5.83. The molecule has 0 heterocycles. The van der Waals surface area contributed by atoms with Gasteiger partial charge in [-0.25, -0.2) is 0 Å². The predicted molar refractivity (Wildman–Crippen MR) is 74.7 cm³/mol. The Kier molecular flexibility index (Phi) is 5.00. The van der Waals surface area contributed by atoms with Crippen molar-refractivity contribution >= 4 is 15.9 Å². The van der Waals surface area contributed by atoms with Crippen LogP contribution in [0.25, 0.3) is 0 Å². The van der Waals surface area contributed by atoms with Crippen LogP contribution in [0.15, 0.2) is 22.7 Å². The number of hydrogen-bond acceptors (Lipinski definition) is 1. The molecular formula is C14H22BrN. The lowest BCUT2D eigenvalue weighted by atomic mass is 9.92. The van der Waals surface area contributed by atoms with E-state index in [1.807, 2.05) is 0 Å². The summed E-state index contributed by atoms with van der Waals surface area (Å²) in [5.41, 5.74) is 3.04. The molecule has 0 saturated carbocycles. The molecule has 0 bridgehead atoms. The van der Waals surface area contributed by atoms with E-state index in [0.717, 1.165) is 13.1 Å². The van der Waals surface area contributed by atoms with Gasteiger partial charge in [-0.3, -0.25) is 0 Å². The third-order valence-electron chi connectivity index (χ3n) is 2.58. The molecule has 1 nitrogen and oxygen atoms in total. The molecule has 0 spiro atoms. The first kappa shape index (κ1) is 13.7. The molecule has 1 N–H and O–H groups in total. The van der Waals surface area contributed by atoms with Crippen molar-refractivity contribution in [3.8, 4) is 0 Å². The standard InChI is InChI=1S/C14H22BrN/c1-11-5-6-12(13(15)9-11)10-16-8-7-14(2,3)4/h5-6,9,16H,7-8,10H2,1-4H3. The maximum absolute atomic E-state index is 3.60. The van der Waals surface area contributed by atoms with Crippen molar-refractivity contribution in [1.29, 1.82) is 0 Å². The first-order chi connectivity index (χ1) is 7.38. The summed E-state index contributed by atoms with van der Waals surface area (Å²) in [5, 5.41) is 3.49. The van der Waals surface area contributed by atoms with Gasteiger partial charge in [-0.05, 0) is 42.5 Å². The van der Waals surface area contributed by atoms with Crippen molar-refractivity contribution in [2.75, 3.05) is 6.54 Å². The van der Waals surface area contributed by atoms with Gasteiger partial charge in [0.15, 0.2) is 0 Å². The lowest BCUT2D eigenvalue weighted by molar-refractivity contribution is 0.366. The van der Waals surface area contributed by atoms with Gasteiger partial charge in [0.25, 0.3) is 0 Å². The quantitative estimate of drug-likeness (QED) is 0.814. The highest BCUT2D eigenvalue weighted by Gasteiger charge is 2.08. The number of hydrogen-bond donors (Lipinski definition) is 1. The molecule has 0 aliphatic heterocycles. The van der Waals surface area contributed by atoms with Crippen LogP contribution in [0.2, 0.25) is 0 Å². The molecule has 0 aliphatic rings. The minimum Gasteiger partial charge on any atom is -0.313 e. The van der Waals surface area contributed by atoms with Gasteiger partial charge in [-0.15, -0.1) is 0 Å². The lowest BCUT2D eigenvalue weighted by Crippen LogP contribution is -2.20. The van der Waals surface area contributed by atoms with Gasteiger partial charge in [0.2, 0.25) is 0 Å². The summed E-state index contributed by atoms with van der Waals surface area (Å²) in [6.07, 6.45) is 1.20. The topological polar surface area (TPSA) is 12.0 Å². The van der Waals surface area contributed by atoms with Crippen LogP contribution in [0.3, 0.4) is 0 Å². The summed E-state index contributed by atoms with van der Waals surface area (Å²) in [4.78, 5) is 0. The van der Waals surface area contributed by atoms with Crippen LogP contribution in [-0.2, 0) is 6.54 Å². The predicted octanol–water partition coefficient (Wildman–Crippen LogP) is 4.28. The molecule has 1 aromatic rings. The number of rotatable bonds is 4. The maximum atomic E-state index is 3.60. The minimum absolute atomic E-state index is 0.414. The highest BCUT2D eigenvalue weighted by molar-refractivity contribution is 9.10. The third kappa shape index (κ3) is 5.13. The minimum atomic E-state index is 0.414. The van der Waals surface area contributed by atoms with E-state index in [0.29, 0.717) is 5.41 Å². The molecule has 0 fully saturated rings. The fourth-order valence-corrected chi connectivity index (χ4v) is 2.12. The van der Waals surface area contributed by atoms with Crippen molar-refractivity contribution in [2.45, 2.75) is 40.7 Å². The molecule has 90 valence electrons. The monoisotopic (exact) mass is 283 g/mol. The number of nitrogens with one attached hydrogen (secondary N) is 1. The van der Waals surface area contributed by atoms with Crippen LogP contribution in [0.4, 0.5) is 0 Å². The molecule has 2 heteroatoms. The van der Waals surface area contributed by atoms with Crippen molar-refractivity contribution < 1.29 is 0 Å². The number of halogens is 1. The van der Waals surface area contributed by atoms with Gasteiger partial charge < -0.3 is 5.32 Å². The zero-order chi connectivity index (χ0) is 12.2. The van der Waals surface area contributed by atoms with Gasteiger partial charge in [-0.2, -0.15) is 0 Å². The molecule has 16 heavy (non-hydrogen) atoms. The molecular weight excluding hydrogens is 262 g/mol. The molecule has 0 unspecified atom stereocenters. The molecule has 0 atom stereocenters. The second-order valence-electron chi connectivity index (χ2n) is 5.58. The first-order valence-corrected chi connectivity index (χ1v) is 6.63. The van der Waals surface area contributed by atoms with E-state index in [2.05, 4.69) is 67.1 Å². The lowest BCUT2D eigenvalue weighted by Gasteiger charge is -2.18. The van der Waals surface area contributed by atoms with Gasteiger partial charge in [0.1, 0.15) is 0 Å². The van der Waals surface area contributed by atoms with Gasteiger partial charge >= 0.3 is 0 Å². The summed E-state index contributed by atoms with van der Waals surface area (Å²) in [7, 11) is 0. The summed E-state index contributed by atoms with van der Waals surface area (Å²) in [5.74, 6) is 0. The summed E-state index contributed by atoms with van der Waals surface area (Å²) >= 11 is 3.60. The fraction of sp³-hybridized carbons (Fsp3) is 0.571. The zero-order valence-corrected chi connectivity index (χ0v) is 12.3. The van der Waals surface area contributed by atoms with Crippen molar-refractivity contribution in [3.63, 3.8) is 0 Å². The van der Waals surface area contributed by atoms with Gasteiger partial charge in [0, 0.05) is 11.0 Å². The van der Waals surface area contributed by atoms with Crippen LogP contribution < -0.4 is 5.32 Å². The fourth-order valence-electron chi connectivity index (χ4n) is 1.48. The SMILES string of the molecule is Cc1ccc(CNCCC(C)(C)C)c(Br)c1. The summed E-state index contributed by atoms with van der Waals surface area (Å²) < 4.78 is 1.20. The first-order valence-electron chi connectivity index (χ1n) is 5.84. The number of aryl methyl sites for hydroxylation is 1. The van der Waals surface area contributed by atoms with Crippen LogP contribution in [0.5, 0.6) is 0 Å². The Morgan fingerprint density at radius 3 is 2.50 bits per heavy atom. The van der Waals surface area contributed by atoms with Crippen LogP contribution >= 0.6 is 15.9 Å². The van der Waals surface area contributed by atoms with Crippen molar-refractivity contribution in [2.24, 2.45) is 5.41 Å². The average molecular weight is 284 g/mol. The van der Waals surface area contributed by atoms with E-state index in [4.69, 9.17) is 0 Å². The van der Waals surface area contributed by atoms with E-state index >= 15 is 0 Å². The Balaban J connectivity index is 2.38. The summed E-state index contributed by atoms with van der Waals surface area (Å²) in [6, 6.07) is 6.51. The Morgan fingerprint density at radius 1 is 1.25 bits per heavy atom. The van der Waals surface area contributed by atoms with Crippen LogP contribution in [0.1, 0.15) is 38.3 Å². The molecule has 0 saturated heterocycles. The van der Waals surface area contributed by atoms with Crippen LogP contribution in [0, 0.1) is 12.3 Å². The van der Waals surface area contributed by atoms with E-state index < -0.39 is 0 Å². The largest absolute Gasteiger partial charge is 0.313 e. The molecule has 0 aromatic heterocycles. The van der Waals surface area contributed by atoms with E-state index in [1.165, 1.54) is 22.0 Å². The number of benzene rings is 1. The smallest absolute Gasteiger partial charge is 0.0222 e.